The number of alkyl halides is 3. The van der Waals surface area contributed by atoms with Crippen molar-refractivity contribution in [2.75, 3.05) is 38.5 Å². The Bertz CT molecular complexity index is 1630. The van der Waals surface area contributed by atoms with Crippen LogP contribution in [0, 0.1) is 17.0 Å². The number of likely N-dealkylation sites (tertiary alicyclic amines) is 2. The molecule has 0 saturated carbocycles. The lowest BCUT2D eigenvalue weighted by Gasteiger charge is -2.53. The second-order valence-electron chi connectivity index (χ2n) is 11.8. The van der Waals surface area contributed by atoms with Gasteiger partial charge in [0.25, 0.3) is 0 Å². The number of imidazole rings is 1. The van der Waals surface area contributed by atoms with Gasteiger partial charge in [-0.1, -0.05) is 6.07 Å². The lowest BCUT2D eigenvalue weighted by molar-refractivity contribution is -0.164. The molecule has 1 N–H and O–H groups in total. The third-order valence-corrected chi connectivity index (χ3v) is 8.77. The molecular formula is C29H29F5N8. The average Bonchev–Trinajstić information content (AvgIpc) is 3.52. The van der Waals surface area contributed by atoms with Gasteiger partial charge in [0.1, 0.15) is 28.9 Å². The van der Waals surface area contributed by atoms with Crippen molar-refractivity contribution in [1.29, 1.82) is 0 Å². The Morgan fingerprint density at radius 3 is 2.48 bits per heavy atom. The summed E-state index contributed by atoms with van der Waals surface area (Å²) in [5.41, 5.74) is 1.07. The first-order chi connectivity index (χ1) is 20.1. The number of pyridine rings is 1. The maximum atomic E-state index is 15.0. The average molecular weight is 585 g/mol. The summed E-state index contributed by atoms with van der Waals surface area (Å²) in [6, 6.07) is 4.26. The Hall–Kier alpha value is -3.71. The molecule has 0 bridgehead atoms. The predicted octanol–water partition coefficient (Wildman–Crippen LogP) is 5.49. The molecular weight excluding hydrogens is 555 g/mol. The van der Waals surface area contributed by atoms with Crippen LogP contribution in [0.15, 0.2) is 36.7 Å². The van der Waals surface area contributed by atoms with Crippen molar-refractivity contribution < 1.29 is 22.0 Å². The van der Waals surface area contributed by atoms with E-state index in [-0.39, 0.29) is 46.9 Å². The number of anilines is 2. The van der Waals surface area contributed by atoms with Crippen molar-refractivity contribution in [2.45, 2.75) is 44.4 Å². The molecule has 4 aromatic rings. The molecule has 0 amide bonds. The molecule has 2 saturated heterocycles. The molecule has 13 heteroatoms. The summed E-state index contributed by atoms with van der Waals surface area (Å²) in [5.74, 6) is -1.08. The molecule has 3 aliphatic rings. The maximum Gasteiger partial charge on any atom is 0.409 e. The van der Waals surface area contributed by atoms with Crippen molar-refractivity contribution in [3.63, 3.8) is 0 Å². The summed E-state index contributed by atoms with van der Waals surface area (Å²) < 4.78 is 71.8. The third-order valence-electron chi connectivity index (χ3n) is 8.77. The minimum atomic E-state index is -4.52. The normalized spacial score (nSPS) is 20.7. The lowest BCUT2D eigenvalue weighted by atomic mass is 9.72. The summed E-state index contributed by atoms with van der Waals surface area (Å²) in [6.07, 6.45) is 0.501. The standard InChI is InChI=1S/C29H29F5N8/c1-40-15-28(16-40)6-8-41(9-7-28)14-17-2-4-23(35-12-17)37-27-36-13-20(31)25(39-27)18-10-19(30)26-21(11-18)42-22(29(32,33)34)3-5-24(42)38-26/h2,4,10-13,22H,3,5-9,14-16H2,1H3,(H,35,36,37,39). The van der Waals surface area contributed by atoms with E-state index in [1.807, 2.05) is 6.07 Å². The highest BCUT2D eigenvalue weighted by atomic mass is 19.4. The van der Waals surface area contributed by atoms with Crippen molar-refractivity contribution in [3.8, 4) is 11.3 Å². The number of hydrogen-bond donors (Lipinski definition) is 1. The van der Waals surface area contributed by atoms with E-state index in [1.165, 1.54) is 32.0 Å². The number of benzene rings is 1. The van der Waals surface area contributed by atoms with Crippen molar-refractivity contribution in [3.05, 3.63) is 59.7 Å². The van der Waals surface area contributed by atoms with Crippen molar-refractivity contribution in [1.82, 2.24) is 34.3 Å². The molecule has 3 aliphatic heterocycles. The number of hydrogen-bond acceptors (Lipinski definition) is 7. The fourth-order valence-corrected chi connectivity index (χ4v) is 6.76. The number of aryl methyl sites for hydroxylation is 1. The number of fused-ring (bicyclic) bond motifs is 3. The molecule has 0 aliphatic carbocycles. The van der Waals surface area contributed by atoms with Gasteiger partial charge in [-0.15, -0.1) is 0 Å². The third kappa shape index (κ3) is 4.87. The maximum absolute atomic E-state index is 15.0. The topological polar surface area (TPSA) is 75.0 Å². The van der Waals surface area contributed by atoms with Gasteiger partial charge in [0, 0.05) is 37.8 Å². The molecule has 1 aromatic carbocycles. The van der Waals surface area contributed by atoms with E-state index in [0.717, 1.165) is 42.0 Å². The van der Waals surface area contributed by atoms with Gasteiger partial charge in [-0.3, -0.25) is 4.90 Å². The van der Waals surface area contributed by atoms with Crippen LogP contribution < -0.4 is 5.32 Å². The van der Waals surface area contributed by atoms with Gasteiger partial charge in [0.2, 0.25) is 5.95 Å². The van der Waals surface area contributed by atoms with E-state index < -0.39 is 23.9 Å². The van der Waals surface area contributed by atoms with Crippen molar-refractivity contribution in [2.24, 2.45) is 5.41 Å². The molecule has 1 atom stereocenters. The Morgan fingerprint density at radius 1 is 1.00 bits per heavy atom. The summed E-state index contributed by atoms with van der Waals surface area (Å²) >= 11 is 0. The van der Waals surface area contributed by atoms with Crippen LogP contribution in [-0.2, 0) is 13.0 Å². The van der Waals surface area contributed by atoms with Crippen LogP contribution in [0.3, 0.4) is 0 Å². The van der Waals surface area contributed by atoms with Gasteiger partial charge in [0.15, 0.2) is 11.6 Å². The smallest absolute Gasteiger partial charge is 0.316 e. The number of nitrogens with one attached hydrogen (secondary N) is 1. The largest absolute Gasteiger partial charge is 0.409 e. The molecule has 2 fully saturated rings. The Morgan fingerprint density at radius 2 is 1.79 bits per heavy atom. The van der Waals surface area contributed by atoms with Crippen LogP contribution in [0.25, 0.3) is 22.3 Å². The quantitative estimate of drug-likeness (QED) is 0.311. The zero-order valence-electron chi connectivity index (χ0n) is 22.9. The Kier molecular flexibility index (Phi) is 6.42. The van der Waals surface area contributed by atoms with E-state index in [0.29, 0.717) is 11.2 Å². The van der Waals surface area contributed by atoms with Gasteiger partial charge in [-0.2, -0.15) is 13.2 Å². The van der Waals surface area contributed by atoms with Crippen LogP contribution in [-0.4, -0.2) is 73.7 Å². The van der Waals surface area contributed by atoms with Crippen LogP contribution in [0.1, 0.15) is 36.7 Å². The van der Waals surface area contributed by atoms with E-state index >= 15 is 4.39 Å². The molecule has 7 rings (SSSR count). The van der Waals surface area contributed by atoms with Gasteiger partial charge in [0.05, 0.1) is 11.7 Å². The van der Waals surface area contributed by atoms with E-state index in [1.54, 1.807) is 12.3 Å². The van der Waals surface area contributed by atoms with Crippen LogP contribution >= 0.6 is 0 Å². The minimum Gasteiger partial charge on any atom is -0.316 e. The van der Waals surface area contributed by atoms with E-state index in [2.05, 4.69) is 42.1 Å². The van der Waals surface area contributed by atoms with E-state index in [9.17, 15) is 17.6 Å². The second-order valence-corrected chi connectivity index (χ2v) is 11.8. The molecule has 42 heavy (non-hydrogen) atoms. The summed E-state index contributed by atoms with van der Waals surface area (Å²) in [5, 5.41) is 2.94. The fourth-order valence-electron chi connectivity index (χ4n) is 6.76. The molecule has 0 radical (unpaired) electrons. The number of halogens is 5. The van der Waals surface area contributed by atoms with Crippen LogP contribution in [0.4, 0.5) is 33.7 Å². The van der Waals surface area contributed by atoms with Gasteiger partial charge >= 0.3 is 6.18 Å². The first-order valence-electron chi connectivity index (χ1n) is 14.0. The first kappa shape index (κ1) is 27.1. The predicted molar refractivity (Wildman–Crippen MR) is 146 cm³/mol. The molecule has 6 heterocycles. The molecule has 1 unspecified atom stereocenters. The molecule has 1 spiro atoms. The second kappa shape index (κ2) is 9.94. The summed E-state index contributed by atoms with van der Waals surface area (Å²) in [6.45, 7) is 5.29. The fraction of sp³-hybridized carbons (Fsp3) is 0.448. The zero-order chi connectivity index (χ0) is 29.2. The number of rotatable bonds is 5. The van der Waals surface area contributed by atoms with Gasteiger partial charge in [-0.05, 0) is 68.6 Å². The molecule has 220 valence electrons. The highest BCUT2D eigenvalue weighted by molar-refractivity contribution is 5.83. The minimum absolute atomic E-state index is 0.0151. The lowest BCUT2D eigenvalue weighted by Crippen LogP contribution is -2.58. The number of piperidine rings is 1. The number of aromatic nitrogens is 5. The first-order valence-corrected chi connectivity index (χ1v) is 14.0. The van der Waals surface area contributed by atoms with Crippen LogP contribution in [0.2, 0.25) is 0 Å². The van der Waals surface area contributed by atoms with E-state index in [4.69, 9.17) is 0 Å². The highest BCUT2D eigenvalue weighted by Gasteiger charge is 2.46. The van der Waals surface area contributed by atoms with Gasteiger partial charge in [-0.25, -0.2) is 28.7 Å². The Balaban J connectivity index is 1.08. The number of nitrogens with zero attached hydrogens (tertiary/aromatic N) is 7. The zero-order valence-corrected chi connectivity index (χ0v) is 22.9. The van der Waals surface area contributed by atoms with Gasteiger partial charge < -0.3 is 14.8 Å². The summed E-state index contributed by atoms with van der Waals surface area (Å²) in [4.78, 5) is 21.5. The summed E-state index contributed by atoms with van der Waals surface area (Å²) in [7, 11) is 2.16. The molecule has 8 nitrogen and oxygen atoms in total. The van der Waals surface area contributed by atoms with Crippen molar-refractivity contribution >= 4 is 22.8 Å². The Labute approximate surface area is 238 Å². The monoisotopic (exact) mass is 584 g/mol. The molecule has 3 aromatic heterocycles. The SMILES string of the molecule is CN1CC2(CCN(Cc3ccc(Nc4ncc(F)c(-c5cc(F)c6nc7n(c6c5)C(C(F)(F)F)CC7)n4)nc3)CC2)C1. The highest BCUT2D eigenvalue weighted by Crippen LogP contribution is 2.43. The van der Waals surface area contributed by atoms with Crippen LogP contribution in [0.5, 0.6) is 0 Å².